The molecule has 1 radical (unpaired) electrons. The summed E-state index contributed by atoms with van der Waals surface area (Å²) in [6, 6.07) is 3.59. The third-order valence-electron chi connectivity index (χ3n) is 1.30. The van der Waals surface area contributed by atoms with Crippen LogP contribution >= 0.6 is 0 Å². The third kappa shape index (κ3) is 1.55. The highest BCUT2D eigenvalue weighted by atomic mass is 19.1. The molecule has 1 aromatic carbocycles. The van der Waals surface area contributed by atoms with Crippen LogP contribution in [-0.4, -0.2) is 11.1 Å². The van der Waals surface area contributed by atoms with Crippen LogP contribution in [0, 0.1) is 12.7 Å². The van der Waals surface area contributed by atoms with E-state index in [0.29, 0.717) is 0 Å². The molecule has 11 heavy (non-hydrogen) atoms. The monoisotopic (exact) mass is 153 g/mol. The molecule has 0 unspecified atom stereocenters. The quantitative estimate of drug-likeness (QED) is 0.666. The fourth-order valence-electron chi connectivity index (χ4n) is 0.680. The molecule has 0 spiro atoms. The molecule has 0 atom stereocenters. The first-order chi connectivity index (χ1) is 5.11. The molecule has 0 aromatic heterocycles. The number of aromatic carboxylic acids is 1. The zero-order chi connectivity index (χ0) is 8.43. The first-order valence-corrected chi connectivity index (χ1v) is 2.96. The van der Waals surface area contributed by atoms with Crippen molar-refractivity contribution in [3.05, 3.63) is 42.1 Å². The number of halogens is 1. The maximum absolute atomic E-state index is 12.6. The number of benzene rings is 1. The van der Waals surface area contributed by atoms with Crippen molar-refractivity contribution in [2.75, 3.05) is 0 Å². The lowest BCUT2D eigenvalue weighted by atomic mass is 10.1. The Morgan fingerprint density at radius 1 is 1.55 bits per heavy atom. The van der Waals surface area contributed by atoms with Crippen LogP contribution in [0.4, 0.5) is 4.39 Å². The van der Waals surface area contributed by atoms with Gasteiger partial charge in [-0.3, -0.25) is 0 Å². The Morgan fingerprint density at radius 3 is 2.64 bits per heavy atom. The van der Waals surface area contributed by atoms with Gasteiger partial charge in [0, 0.05) is 0 Å². The van der Waals surface area contributed by atoms with Crippen LogP contribution in [0.3, 0.4) is 0 Å². The second-order valence-electron chi connectivity index (χ2n) is 2.11. The molecule has 0 aliphatic carbocycles. The van der Waals surface area contributed by atoms with Crippen LogP contribution in [0.15, 0.2) is 18.2 Å². The number of hydrogen-bond donors (Lipinski definition) is 1. The molecule has 0 aliphatic rings. The van der Waals surface area contributed by atoms with Crippen molar-refractivity contribution >= 4 is 5.97 Å². The second-order valence-corrected chi connectivity index (χ2v) is 2.11. The molecule has 0 saturated carbocycles. The topological polar surface area (TPSA) is 37.3 Å². The summed E-state index contributed by atoms with van der Waals surface area (Å²) in [7, 11) is 0. The van der Waals surface area contributed by atoms with E-state index in [1.807, 2.05) is 0 Å². The number of rotatable bonds is 1. The first-order valence-electron chi connectivity index (χ1n) is 2.96. The highest BCUT2D eigenvalue weighted by molar-refractivity contribution is 5.87. The average molecular weight is 153 g/mol. The fourth-order valence-corrected chi connectivity index (χ4v) is 0.680. The van der Waals surface area contributed by atoms with Crippen LogP contribution in [0.5, 0.6) is 0 Å². The summed E-state index contributed by atoms with van der Waals surface area (Å²) in [6.07, 6.45) is 0. The van der Waals surface area contributed by atoms with Gasteiger partial charge in [-0.25, -0.2) is 9.18 Å². The Bertz CT molecular complexity index is 294. The van der Waals surface area contributed by atoms with Crippen LogP contribution in [0.25, 0.3) is 0 Å². The zero-order valence-corrected chi connectivity index (χ0v) is 5.67. The van der Waals surface area contributed by atoms with Gasteiger partial charge >= 0.3 is 5.97 Å². The average Bonchev–Trinajstić information content (AvgIpc) is 1.94. The number of carbonyl (C=O) groups is 1. The van der Waals surface area contributed by atoms with Crippen LogP contribution in [0.2, 0.25) is 0 Å². The molecule has 3 heteroatoms. The van der Waals surface area contributed by atoms with Crippen LogP contribution in [-0.2, 0) is 0 Å². The van der Waals surface area contributed by atoms with Crippen LogP contribution in [0.1, 0.15) is 15.9 Å². The molecular formula is C8H6FO2. The van der Waals surface area contributed by atoms with Crippen molar-refractivity contribution in [3.63, 3.8) is 0 Å². The molecule has 2 nitrogen and oxygen atoms in total. The molecule has 1 aromatic rings. The van der Waals surface area contributed by atoms with E-state index >= 15 is 0 Å². The van der Waals surface area contributed by atoms with E-state index in [2.05, 4.69) is 6.92 Å². The van der Waals surface area contributed by atoms with Gasteiger partial charge in [-0.1, -0.05) is 6.07 Å². The summed E-state index contributed by atoms with van der Waals surface area (Å²) in [5.41, 5.74) is 0.143. The smallest absolute Gasteiger partial charge is 0.335 e. The Labute approximate surface area is 63.3 Å². The van der Waals surface area contributed by atoms with Crippen molar-refractivity contribution in [3.8, 4) is 0 Å². The second kappa shape index (κ2) is 2.70. The van der Waals surface area contributed by atoms with Gasteiger partial charge in [-0.15, -0.1) is 0 Å². The molecule has 1 N–H and O–H groups in total. The van der Waals surface area contributed by atoms with Crippen molar-refractivity contribution in [1.29, 1.82) is 0 Å². The van der Waals surface area contributed by atoms with Crippen molar-refractivity contribution in [1.82, 2.24) is 0 Å². The molecule has 0 bridgehead atoms. The maximum Gasteiger partial charge on any atom is 0.335 e. The van der Waals surface area contributed by atoms with E-state index < -0.39 is 11.8 Å². The minimum absolute atomic E-state index is 0.0603. The lowest BCUT2D eigenvalue weighted by molar-refractivity contribution is 0.0696. The van der Waals surface area contributed by atoms with Crippen molar-refractivity contribution in [2.45, 2.75) is 0 Å². The number of carboxylic acid groups (broad SMARTS) is 1. The summed E-state index contributed by atoms with van der Waals surface area (Å²) >= 11 is 0. The summed E-state index contributed by atoms with van der Waals surface area (Å²) in [5, 5.41) is 8.41. The molecule has 0 saturated heterocycles. The van der Waals surface area contributed by atoms with Gasteiger partial charge in [0.2, 0.25) is 0 Å². The Hall–Kier alpha value is -1.38. The minimum Gasteiger partial charge on any atom is -0.478 e. The van der Waals surface area contributed by atoms with Crippen molar-refractivity contribution in [2.24, 2.45) is 0 Å². The van der Waals surface area contributed by atoms with E-state index in [-0.39, 0.29) is 11.1 Å². The predicted molar refractivity (Wildman–Crippen MR) is 37.8 cm³/mol. The molecule has 0 fully saturated rings. The lowest BCUT2D eigenvalue weighted by Gasteiger charge is -1.96. The molecular weight excluding hydrogens is 147 g/mol. The molecule has 0 amide bonds. The largest absolute Gasteiger partial charge is 0.478 e. The summed E-state index contributed by atoms with van der Waals surface area (Å²) in [4.78, 5) is 10.3. The number of hydrogen-bond acceptors (Lipinski definition) is 1. The zero-order valence-electron chi connectivity index (χ0n) is 5.67. The minimum atomic E-state index is -1.14. The van der Waals surface area contributed by atoms with Gasteiger partial charge in [0.05, 0.1) is 5.56 Å². The van der Waals surface area contributed by atoms with Gasteiger partial charge in [0.25, 0.3) is 0 Å². The van der Waals surface area contributed by atoms with Gasteiger partial charge in [-0.2, -0.15) is 0 Å². The summed E-state index contributed by atoms with van der Waals surface area (Å²) in [6.45, 7) is 3.35. The Kier molecular flexibility index (Phi) is 1.89. The van der Waals surface area contributed by atoms with E-state index in [1.54, 1.807) is 0 Å². The Balaban J connectivity index is 3.15. The SMILES string of the molecule is [CH2]c1ccc(C(=O)O)cc1F. The third-order valence-corrected chi connectivity index (χ3v) is 1.30. The molecule has 57 valence electrons. The molecule has 1 rings (SSSR count). The van der Waals surface area contributed by atoms with Gasteiger partial charge in [-0.05, 0) is 24.6 Å². The molecule has 0 heterocycles. The van der Waals surface area contributed by atoms with Gasteiger partial charge in [0.15, 0.2) is 0 Å². The standard InChI is InChI=1S/C8H6FO2/c1-5-2-3-6(8(10)11)4-7(5)9/h2-4H,1H2,(H,10,11). The summed E-state index contributed by atoms with van der Waals surface area (Å²) in [5.74, 6) is -1.73. The lowest BCUT2D eigenvalue weighted by Crippen LogP contribution is -1.97. The van der Waals surface area contributed by atoms with Crippen molar-refractivity contribution < 1.29 is 14.3 Å². The van der Waals surface area contributed by atoms with Gasteiger partial charge < -0.3 is 5.11 Å². The first kappa shape index (κ1) is 7.72. The fraction of sp³-hybridized carbons (Fsp3) is 0. The molecule has 0 aliphatic heterocycles. The van der Waals surface area contributed by atoms with E-state index in [9.17, 15) is 9.18 Å². The van der Waals surface area contributed by atoms with Gasteiger partial charge in [0.1, 0.15) is 5.82 Å². The highest BCUT2D eigenvalue weighted by Gasteiger charge is 2.04. The highest BCUT2D eigenvalue weighted by Crippen LogP contribution is 2.08. The number of carboxylic acids is 1. The normalized spacial score (nSPS) is 9.64. The maximum atomic E-state index is 12.6. The van der Waals surface area contributed by atoms with Crippen LogP contribution < -0.4 is 0 Å². The van der Waals surface area contributed by atoms with E-state index in [0.717, 1.165) is 6.07 Å². The Morgan fingerprint density at radius 2 is 2.18 bits per heavy atom. The predicted octanol–water partition coefficient (Wildman–Crippen LogP) is 1.71. The summed E-state index contributed by atoms with van der Waals surface area (Å²) < 4.78 is 12.6. The van der Waals surface area contributed by atoms with E-state index in [1.165, 1.54) is 12.1 Å². The van der Waals surface area contributed by atoms with E-state index in [4.69, 9.17) is 5.11 Å².